The highest BCUT2D eigenvalue weighted by Crippen LogP contribution is 2.10. The second-order valence-electron chi connectivity index (χ2n) is 3.79. The molecule has 0 radical (unpaired) electrons. The van der Waals surface area contributed by atoms with E-state index in [0.717, 1.165) is 18.7 Å². The molecule has 1 aromatic heterocycles. The maximum absolute atomic E-state index is 11.7. The molecule has 1 heterocycles. The molecule has 0 spiro atoms. The van der Waals surface area contributed by atoms with Crippen LogP contribution in [-0.4, -0.2) is 30.0 Å². The van der Waals surface area contributed by atoms with Crippen LogP contribution in [0.4, 0.5) is 0 Å². The lowest BCUT2D eigenvalue weighted by Gasteiger charge is -2.11. The number of aromatic nitrogens is 1. The summed E-state index contributed by atoms with van der Waals surface area (Å²) in [6, 6.07) is 0.502. The SMILES string of the molecule is CCC(C)NCCNC(=O)c1scnc1C. The average Bonchev–Trinajstić information content (AvgIpc) is 2.70. The lowest BCUT2D eigenvalue weighted by Crippen LogP contribution is -2.35. The Labute approximate surface area is 100 Å². The molecule has 2 N–H and O–H groups in total. The van der Waals surface area contributed by atoms with Gasteiger partial charge in [-0.25, -0.2) is 4.98 Å². The summed E-state index contributed by atoms with van der Waals surface area (Å²) in [7, 11) is 0. The third-order valence-corrected chi connectivity index (χ3v) is 3.39. The van der Waals surface area contributed by atoms with Gasteiger partial charge in [-0.3, -0.25) is 4.79 Å². The zero-order valence-corrected chi connectivity index (χ0v) is 10.9. The van der Waals surface area contributed by atoms with Crippen LogP contribution in [-0.2, 0) is 0 Å². The molecule has 0 saturated heterocycles. The van der Waals surface area contributed by atoms with Crippen molar-refractivity contribution in [2.75, 3.05) is 13.1 Å². The topological polar surface area (TPSA) is 54.0 Å². The lowest BCUT2D eigenvalue weighted by atomic mass is 10.2. The molecule has 4 nitrogen and oxygen atoms in total. The number of carbonyl (C=O) groups excluding carboxylic acids is 1. The normalized spacial score (nSPS) is 12.4. The highest BCUT2D eigenvalue weighted by molar-refractivity contribution is 7.11. The van der Waals surface area contributed by atoms with Crippen molar-refractivity contribution in [3.8, 4) is 0 Å². The molecule has 0 aliphatic heterocycles. The molecule has 1 amide bonds. The quantitative estimate of drug-likeness (QED) is 0.743. The van der Waals surface area contributed by atoms with Crippen LogP contribution >= 0.6 is 11.3 Å². The summed E-state index contributed by atoms with van der Waals surface area (Å²) in [5.41, 5.74) is 2.50. The molecule has 90 valence electrons. The second-order valence-corrected chi connectivity index (χ2v) is 4.64. The van der Waals surface area contributed by atoms with Crippen molar-refractivity contribution in [3.05, 3.63) is 16.1 Å². The molecule has 0 fully saturated rings. The van der Waals surface area contributed by atoms with E-state index >= 15 is 0 Å². The highest BCUT2D eigenvalue weighted by Gasteiger charge is 2.10. The van der Waals surface area contributed by atoms with Gasteiger partial charge in [0.05, 0.1) is 11.2 Å². The van der Waals surface area contributed by atoms with Crippen molar-refractivity contribution in [2.24, 2.45) is 0 Å². The Morgan fingerprint density at radius 3 is 2.88 bits per heavy atom. The third kappa shape index (κ3) is 3.90. The molecule has 0 aromatic carbocycles. The van der Waals surface area contributed by atoms with E-state index in [9.17, 15) is 4.79 Å². The standard InChI is InChI=1S/C11H19N3OS/c1-4-8(2)12-5-6-13-11(15)10-9(3)14-7-16-10/h7-8,12H,4-6H2,1-3H3,(H,13,15). The second kappa shape index (κ2) is 6.60. The van der Waals surface area contributed by atoms with E-state index in [1.165, 1.54) is 11.3 Å². The highest BCUT2D eigenvalue weighted by atomic mass is 32.1. The van der Waals surface area contributed by atoms with E-state index in [1.54, 1.807) is 5.51 Å². The predicted molar refractivity (Wildman–Crippen MR) is 66.9 cm³/mol. The summed E-state index contributed by atoms with van der Waals surface area (Å²) in [4.78, 5) is 16.4. The van der Waals surface area contributed by atoms with Crippen LogP contribution in [0, 0.1) is 6.92 Å². The Balaban J connectivity index is 2.24. The molecule has 0 saturated carbocycles. The Hall–Kier alpha value is -0.940. The maximum Gasteiger partial charge on any atom is 0.263 e. The van der Waals surface area contributed by atoms with Crippen LogP contribution in [0.1, 0.15) is 35.6 Å². The number of carbonyl (C=O) groups is 1. The van der Waals surface area contributed by atoms with Gasteiger partial charge in [-0.15, -0.1) is 11.3 Å². The smallest absolute Gasteiger partial charge is 0.263 e. The minimum Gasteiger partial charge on any atom is -0.350 e. The summed E-state index contributed by atoms with van der Waals surface area (Å²) in [5, 5.41) is 6.19. The Morgan fingerprint density at radius 2 is 2.31 bits per heavy atom. The van der Waals surface area contributed by atoms with Crippen molar-refractivity contribution in [1.29, 1.82) is 0 Å². The molecule has 0 aliphatic rings. The lowest BCUT2D eigenvalue weighted by molar-refractivity contribution is 0.0957. The maximum atomic E-state index is 11.7. The summed E-state index contributed by atoms with van der Waals surface area (Å²) in [6.07, 6.45) is 1.10. The van der Waals surface area contributed by atoms with Gasteiger partial charge in [-0.05, 0) is 20.3 Å². The van der Waals surface area contributed by atoms with Gasteiger partial charge in [-0.2, -0.15) is 0 Å². The Bertz CT molecular complexity index is 338. The molecular weight excluding hydrogens is 222 g/mol. The molecule has 0 aliphatic carbocycles. The molecule has 1 aromatic rings. The van der Waals surface area contributed by atoms with Gasteiger partial charge in [0.25, 0.3) is 5.91 Å². The van der Waals surface area contributed by atoms with Gasteiger partial charge in [0, 0.05) is 19.1 Å². The van der Waals surface area contributed by atoms with Crippen LogP contribution in [0.2, 0.25) is 0 Å². The van der Waals surface area contributed by atoms with Gasteiger partial charge in [-0.1, -0.05) is 6.92 Å². The fourth-order valence-electron chi connectivity index (χ4n) is 1.24. The van der Waals surface area contributed by atoms with Crippen molar-refractivity contribution >= 4 is 17.2 Å². The summed E-state index contributed by atoms with van der Waals surface area (Å²) in [6.45, 7) is 7.58. The van der Waals surface area contributed by atoms with Crippen molar-refractivity contribution in [1.82, 2.24) is 15.6 Å². The van der Waals surface area contributed by atoms with Crippen molar-refractivity contribution in [3.63, 3.8) is 0 Å². The van der Waals surface area contributed by atoms with E-state index in [0.29, 0.717) is 17.5 Å². The molecule has 1 unspecified atom stereocenters. The van der Waals surface area contributed by atoms with Crippen LogP contribution in [0.3, 0.4) is 0 Å². The van der Waals surface area contributed by atoms with Crippen LogP contribution in [0.5, 0.6) is 0 Å². The Morgan fingerprint density at radius 1 is 1.56 bits per heavy atom. The first kappa shape index (κ1) is 13.1. The zero-order chi connectivity index (χ0) is 12.0. The fourth-order valence-corrected chi connectivity index (χ4v) is 1.96. The van der Waals surface area contributed by atoms with E-state index in [1.807, 2.05) is 6.92 Å². The number of amides is 1. The van der Waals surface area contributed by atoms with Gasteiger partial charge < -0.3 is 10.6 Å². The first-order valence-electron chi connectivity index (χ1n) is 5.56. The Kier molecular flexibility index (Phi) is 5.42. The van der Waals surface area contributed by atoms with Gasteiger partial charge >= 0.3 is 0 Å². The number of hydrogen-bond donors (Lipinski definition) is 2. The summed E-state index contributed by atoms with van der Waals surface area (Å²) in [5.74, 6) is -0.0223. The number of rotatable bonds is 6. The van der Waals surface area contributed by atoms with E-state index in [2.05, 4.69) is 29.5 Å². The number of nitrogens with zero attached hydrogens (tertiary/aromatic N) is 1. The van der Waals surface area contributed by atoms with E-state index in [-0.39, 0.29) is 5.91 Å². The molecule has 0 bridgehead atoms. The fraction of sp³-hybridized carbons (Fsp3) is 0.636. The minimum atomic E-state index is -0.0223. The van der Waals surface area contributed by atoms with Gasteiger partial charge in [0.2, 0.25) is 0 Å². The van der Waals surface area contributed by atoms with Crippen LogP contribution < -0.4 is 10.6 Å². The van der Waals surface area contributed by atoms with E-state index < -0.39 is 0 Å². The summed E-state index contributed by atoms with van der Waals surface area (Å²) < 4.78 is 0. The largest absolute Gasteiger partial charge is 0.350 e. The van der Waals surface area contributed by atoms with Crippen LogP contribution in [0.15, 0.2) is 5.51 Å². The first-order valence-corrected chi connectivity index (χ1v) is 6.44. The molecular formula is C11H19N3OS. The predicted octanol–water partition coefficient (Wildman–Crippen LogP) is 1.57. The molecule has 5 heteroatoms. The molecule has 1 rings (SSSR count). The van der Waals surface area contributed by atoms with Crippen molar-refractivity contribution in [2.45, 2.75) is 33.2 Å². The van der Waals surface area contributed by atoms with Crippen LogP contribution in [0.25, 0.3) is 0 Å². The number of aryl methyl sites for hydroxylation is 1. The van der Waals surface area contributed by atoms with E-state index in [4.69, 9.17) is 0 Å². The number of thiazole rings is 1. The zero-order valence-electron chi connectivity index (χ0n) is 10.0. The minimum absolute atomic E-state index is 0.0223. The summed E-state index contributed by atoms with van der Waals surface area (Å²) >= 11 is 1.38. The number of nitrogens with one attached hydrogen (secondary N) is 2. The molecule has 16 heavy (non-hydrogen) atoms. The van der Waals surface area contributed by atoms with Gasteiger partial charge in [0.15, 0.2) is 0 Å². The number of hydrogen-bond acceptors (Lipinski definition) is 4. The van der Waals surface area contributed by atoms with Gasteiger partial charge in [0.1, 0.15) is 4.88 Å². The molecule has 1 atom stereocenters. The first-order chi connectivity index (χ1) is 7.65. The average molecular weight is 241 g/mol. The van der Waals surface area contributed by atoms with Crippen molar-refractivity contribution < 1.29 is 4.79 Å². The third-order valence-electron chi connectivity index (χ3n) is 2.47. The monoisotopic (exact) mass is 241 g/mol.